The lowest BCUT2D eigenvalue weighted by atomic mass is 9.84. The van der Waals surface area contributed by atoms with Gasteiger partial charge in [0.25, 0.3) is 0 Å². The first-order valence-electron chi connectivity index (χ1n) is 19.0. The molecule has 0 aromatic heterocycles. The van der Waals surface area contributed by atoms with E-state index >= 15 is 0 Å². The van der Waals surface area contributed by atoms with Crippen LogP contribution in [0.5, 0.6) is 0 Å². The number of hydrogen-bond donors (Lipinski definition) is 1. The molecule has 0 radical (unpaired) electrons. The van der Waals surface area contributed by atoms with Crippen molar-refractivity contribution in [1.82, 2.24) is 0 Å². The van der Waals surface area contributed by atoms with Crippen LogP contribution in [0.25, 0.3) is 0 Å². The van der Waals surface area contributed by atoms with E-state index in [0.29, 0.717) is 18.6 Å². The number of hydrogen-bond acceptors (Lipinski definition) is 8. The van der Waals surface area contributed by atoms with Gasteiger partial charge >= 0.3 is 0 Å². The molecule has 8 nitrogen and oxygen atoms in total. The molecule has 4 heterocycles. The Hall–Kier alpha value is -1.10. The average molecular weight is 679 g/mol. The van der Waals surface area contributed by atoms with Crippen molar-refractivity contribution < 1.29 is 38.3 Å². The maximum Gasteiger partial charge on any atom is 0.0717 e. The fraction of sp³-hybridized carbons (Fsp3) is 0.850. The van der Waals surface area contributed by atoms with E-state index in [9.17, 15) is 0 Å². The van der Waals surface area contributed by atoms with Crippen molar-refractivity contribution in [3.8, 4) is 0 Å². The van der Waals surface area contributed by atoms with E-state index in [1.54, 1.807) is 0 Å². The highest BCUT2D eigenvalue weighted by molar-refractivity contribution is 5.21. The molecule has 4 saturated heterocycles. The van der Waals surface area contributed by atoms with Crippen molar-refractivity contribution in [3.05, 3.63) is 35.4 Å². The molecule has 4 fully saturated rings. The van der Waals surface area contributed by atoms with Gasteiger partial charge in [0, 0.05) is 28.3 Å². The Morgan fingerprint density at radius 3 is 1.21 bits per heavy atom. The molecule has 1 unspecified atom stereocenters. The SMILES string of the molecule is CCC1(CO)COC1.CCC1(COCc2ccc(COCC3(CC)COC3)cc2)COC1.CCCCC(CC)COCC1(CC)COC1. The molecule has 8 heteroatoms. The average Bonchev–Trinajstić information content (AvgIpc) is 3.04. The third-order valence-corrected chi connectivity index (χ3v) is 11.3. The van der Waals surface area contributed by atoms with Gasteiger partial charge in [-0.25, -0.2) is 0 Å². The van der Waals surface area contributed by atoms with Crippen LogP contribution >= 0.6 is 0 Å². The Bertz CT molecular complexity index is 889. The van der Waals surface area contributed by atoms with Crippen molar-refractivity contribution in [1.29, 1.82) is 0 Å². The highest BCUT2D eigenvalue weighted by atomic mass is 16.5. The number of aliphatic hydroxyl groups is 1. The first-order valence-corrected chi connectivity index (χ1v) is 19.0. The summed E-state index contributed by atoms with van der Waals surface area (Å²) in [5.74, 6) is 0.759. The highest BCUT2D eigenvalue weighted by Gasteiger charge is 2.39. The molecule has 1 aromatic rings. The van der Waals surface area contributed by atoms with E-state index in [1.165, 1.54) is 43.2 Å². The summed E-state index contributed by atoms with van der Waals surface area (Å²) in [6, 6.07) is 8.54. The van der Waals surface area contributed by atoms with E-state index in [2.05, 4.69) is 65.8 Å². The van der Waals surface area contributed by atoms with Crippen LogP contribution in [0, 0.1) is 27.6 Å². The Balaban J connectivity index is 0.000000223. The fourth-order valence-corrected chi connectivity index (χ4v) is 5.98. The maximum absolute atomic E-state index is 8.76. The van der Waals surface area contributed by atoms with Gasteiger partial charge in [-0.15, -0.1) is 0 Å². The Morgan fingerprint density at radius 2 is 0.958 bits per heavy atom. The molecular formula is C40H70O8. The number of ether oxygens (including phenoxy) is 7. The summed E-state index contributed by atoms with van der Waals surface area (Å²) in [6.45, 7) is 24.9. The summed E-state index contributed by atoms with van der Waals surface area (Å²) < 4.78 is 38.6. The predicted octanol–water partition coefficient (Wildman–Crippen LogP) is 7.62. The lowest BCUT2D eigenvalue weighted by Gasteiger charge is -2.40. The molecule has 0 saturated carbocycles. The zero-order valence-corrected chi connectivity index (χ0v) is 31.5. The minimum absolute atomic E-state index is 0.139. The molecule has 0 aliphatic carbocycles. The molecule has 1 N–H and O–H groups in total. The van der Waals surface area contributed by atoms with Gasteiger partial charge < -0.3 is 38.3 Å². The van der Waals surface area contributed by atoms with Gasteiger partial charge in [-0.1, -0.05) is 85.1 Å². The number of unbranched alkanes of at least 4 members (excludes halogenated alkanes) is 1. The number of rotatable bonds is 21. The first-order chi connectivity index (χ1) is 23.3. The van der Waals surface area contributed by atoms with Crippen LogP contribution in [0.1, 0.15) is 104 Å². The van der Waals surface area contributed by atoms with Gasteiger partial charge in [-0.05, 0) is 49.1 Å². The molecule has 1 aromatic carbocycles. The monoisotopic (exact) mass is 679 g/mol. The smallest absolute Gasteiger partial charge is 0.0717 e. The quantitative estimate of drug-likeness (QED) is 0.142. The molecular weight excluding hydrogens is 608 g/mol. The van der Waals surface area contributed by atoms with Crippen molar-refractivity contribution in [2.24, 2.45) is 27.6 Å². The van der Waals surface area contributed by atoms with Crippen LogP contribution in [0.4, 0.5) is 0 Å². The molecule has 4 aliphatic heterocycles. The van der Waals surface area contributed by atoms with E-state index in [0.717, 1.165) is 104 Å². The normalized spacial score (nSPS) is 21.5. The predicted molar refractivity (Wildman–Crippen MR) is 191 cm³/mol. The van der Waals surface area contributed by atoms with Crippen LogP contribution in [0.3, 0.4) is 0 Å². The van der Waals surface area contributed by atoms with Gasteiger partial charge in [-0.2, -0.15) is 0 Å². The summed E-state index contributed by atoms with van der Waals surface area (Å²) in [6.07, 6.45) is 9.65. The Labute approximate surface area is 292 Å². The van der Waals surface area contributed by atoms with Crippen LogP contribution in [0.2, 0.25) is 0 Å². The zero-order chi connectivity index (χ0) is 34.8. The maximum atomic E-state index is 8.76. The second-order valence-electron chi connectivity index (χ2n) is 15.3. The van der Waals surface area contributed by atoms with E-state index in [-0.39, 0.29) is 22.9 Å². The van der Waals surface area contributed by atoms with Gasteiger partial charge in [-0.3, -0.25) is 0 Å². The summed E-state index contributed by atoms with van der Waals surface area (Å²) in [4.78, 5) is 0. The summed E-state index contributed by atoms with van der Waals surface area (Å²) in [5, 5.41) is 8.76. The molecule has 0 spiro atoms. The van der Waals surface area contributed by atoms with Gasteiger partial charge in [0.1, 0.15) is 0 Å². The van der Waals surface area contributed by atoms with Crippen LogP contribution < -0.4 is 0 Å². The molecule has 4 aliphatic rings. The van der Waals surface area contributed by atoms with E-state index in [1.807, 2.05) is 0 Å². The molecule has 0 bridgehead atoms. The first kappa shape index (κ1) is 41.3. The summed E-state index contributed by atoms with van der Waals surface area (Å²) in [7, 11) is 0. The lowest BCUT2D eigenvalue weighted by Crippen LogP contribution is -2.46. The lowest BCUT2D eigenvalue weighted by molar-refractivity contribution is -0.152. The molecule has 5 rings (SSSR count). The molecule has 278 valence electrons. The minimum Gasteiger partial charge on any atom is -0.396 e. The number of aliphatic hydroxyl groups excluding tert-OH is 1. The minimum atomic E-state index is 0.139. The topological polar surface area (TPSA) is 84.8 Å². The van der Waals surface area contributed by atoms with Gasteiger partial charge in [0.2, 0.25) is 0 Å². The van der Waals surface area contributed by atoms with Crippen molar-refractivity contribution >= 4 is 0 Å². The van der Waals surface area contributed by atoms with Gasteiger partial charge in [0.15, 0.2) is 0 Å². The third kappa shape index (κ3) is 12.6. The third-order valence-electron chi connectivity index (χ3n) is 11.3. The molecule has 0 amide bonds. The second kappa shape index (κ2) is 21.3. The number of benzene rings is 1. The zero-order valence-electron chi connectivity index (χ0n) is 31.5. The van der Waals surface area contributed by atoms with Crippen LogP contribution in [-0.2, 0) is 46.4 Å². The van der Waals surface area contributed by atoms with Crippen molar-refractivity contribution in [3.63, 3.8) is 0 Å². The Morgan fingerprint density at radius 1 is 0.583 bits per heavy atom. The Kier molecular flexibility index (Phi) is 18.3. The van der Waals surface area contributed by atoms with Crippen LogP contribution in [0.15, 0.2) is 24.3 Å². The largest absolute Gasteiger partial charge is 0.396 e. The van der Waals surface area contributed by atoms with Crippen molar-refractivity contribution in [2.45, 2.75) is 106 Å². The molecule has 48 heavy (non-hydrogen) atoms. The van der Waals surface area contributed by atoms with Gasteiger partial charge in [0.05, 0.1) is 92.5 Å². The summed E-state index contributed by atoms with van der Waals surface area (Å²) >= 11 is 0. The second-order valence-corrected chi connectivity index (χ2v) is 15.3. The van der Waals surface area contributed by atoms with E-state index in [4.69, 9.17) is 38.3 Å². The van der Waals surface area contributed by atoms with Crippen LogP contribution in [-0.4, -0.2) is 91.0 Å². The molecule has 1 atom stereocenters. The standard InChI is InChI=1S/C20H30O4.C14H28O2.C6H12O2/c1-3-19(13-23-14-19)11-21-9-17-5-7-18(8-6-17)10-22-12-20(4-2)15-24-16-20;1-4-7-8-13(5-2)9-15-10-14(6-3)11-16-12-14;1-2-6(3-7)4-8-5-6/h5-8H,3-4,9-16H2,1-2H3;13H,4-12H2,1-3H3;7H,2-5H2,1H3. The summed E-state index contributed by atoms with van der Waals surface area (Å²) in [5.41, 5.74) is 3.43. The fourth-order valence-electron chi connectivity index (χ4n) is 5.98. The van der Waals surface area contributed by atoms with E-state index < -0.39 is 0 Å². The highest BCUT2D eigenvalue weighted by Crippen LogP contribution is 2.34. The van der Waals surface area contributed by atoms with Crippen molar-refractivity contribution in [2.75, 3.05) is 85.9 Å².